The van der Waals surface area contributed by atoms with Crippen LogP contribution in [0.3, 0.4) is 0 Å². The van der Waals surface area contributed by atoms with E-state index in [9.17, 15) is 14.7 Å². The first kappa shape index (κ1) is 25.0. The molecule has 1 aliphatic rings. The van der Waals surface area contributed by atoms with Crippen LogP contribution in [0.2, 0.25) is 0 Å². The van der Waals surface area contributed by atoms with Crippen molar-refractivity contribution in [2.24, 2.45) is 0 Å². The van der Waals surface area contributed by atoms with Gasteiger partial charge >= 0.3 is 12.0 Å². The molecule has 2 amide bonds. The van der Waals surface area contributed by atoms with Crippen LogP contribution in [0.4, 0.5) is 4.79 Å². The second-order valence-electron chi connectivity index (χ2n) is 8.38. The van der Waals surface area contributed by atoms with Crippen molar-refractivity contribution in [2.45, 2.75) is 83.3 Å². The normalized spacial score (nSPS) is 16.9. The fraction of sp³-hybridized carbons (Fsp3) is 0.667. The fourth-order valence-corrected chi connectivity index (χ4v) is 3.83. The minimum atomic E-state index is -0.747. The lowest BCUT2D eigenvalue weighted by atomic mass is 10.1. The number of carboxylic acid groups (broad SMARTS) is 1. The molecule has 0 aliphatic carbocycles. The second-order valence-corrected chi connectivity index (χ2v) is 8.38. The maximum atomic E-state index is 12.1. The molecule has 3 N–H and O–H groups in total. The number of hydrogen-bond donors (Lipinski definition) is 3. The van der Waals surface area contributed by atoms with Gasteiger partial charge in [0.15, 0.2) is 0 Å². The molecule has 1 saturated heterocycles. The van der Waals surface area contributed by atoms with E-state index in [0.717, 1.165) is 37.9 Å². The van der Waals surface area contributed by atoms with E-state index in [4.69, 9.17) is 9.84 Å². The predicted octanol–water partition coefficient (Wildman–Crippen LogP) is 3.98. The monoisotopic (exact) mass is 434 g/mol. The lowest BCUT2D eigenvalue weighted by molar-refractivity contribution is -0.137. The number of aliphatic hydroxyl groups excluding tert-OH is 1. The Kier molecular flexibility index (Phi) is 11.2. The highest BCUT2D eigenvalue weighted by molar-refractivity contribution is 5.76. The van der Waals surface area contributed by atoms with Gasteiger partial charge in [0, 0.05) is 19.5 Å². The summed E-state index contributed by atoms with van der Waals surface area (Å²) in [5, 5.41) is 21.9. The fourth-order valence-electron chi connectivity index (χ4n) is 3.83. The van der Waals surface area contributed by atoms with Crippen molar-refractivity contribution in [3.8, 4) is 5.75 Å². The summed E-state index contributed by atoms with van der Waals surface area (Å²) in [6.45, 7) is 3.51. The number of carboxylic acids is 1. The molecule has 7 nitrogen and oxygen atoms in total. The zero-order chi connectivity index (χ0) is 22.5. The van der Waals surface area contributed by atoms with Gasteiger partial charge in [-0.2, -0.15) is 0 Å². The number of aryl methyl sites for hydroxylation is 1. The number of carbonyl (C=O) groups is 2. The lowest BCUT2D eigenvalue weighted by Gasteiger charge is -2.24. The molecule has 1 aromatic carbocycles. The first-order valence-corrected chi connectivity index (χ1v) is 11.7. The van der Waals surface area contributed by atoms with E-state index in [2.05, 4.69) is 24.4 Å². The van der Waals surface area contributed by atoms with Crippen LogP contribution in [0.1, 0.15) is 70.3 Å². The van der Waals surface area contributed by atoms with Gasteiger partial charge in [0.2, 0.25) is 0 Å². The zero-order valence-corrected chi connectivity index (χ0v) is 18.7. The highest BCUT2D eigenvalue weighted by Gasteiger charge is 2.30. The standard InChI is InChI=1S/C24H38N2O5/c1-2-3-8-19-11-13-22(14-12-19)31-18-21(27)15-16-26-20(17-25-24(26)30)9-6-4-5-7-10-23(28)29/h11-14,20-21,27H,2-10,15-18H2,1H3,(H,25,30)(H,28,29). The van der Waals surface area contributed by atoms with E-state index < -0.39 is 12.1 Å². The van der Waals surface area contributed by atoms with Gasteiger partial charge in [-0.1, -0.05) is 44.7 Å². The highest BCUT2D eigenvalue weighted by Crippen LogP contribution is 2.18. The zero-order valence-electron chi connectivity index (χ0n) is 18.7. The number of unbranched alkanes of at least 4 members (excludes halogenated alkanes) is 4. The van der Waals surface area contributed by atoms with Crippen LogP contribution >= 0.6 is 0 Å². The topological polar surface area (TPSA) is 99.1 Å². The third-order valence-corrected chi connectivity index (χ3v) is 5.76. The van der Waals surface area contributed by atoms with E-state index in [1.54, 1.807) is 0 Å². The molecule has 174 valence electrons. The molecule has 1 heterocycles. The number of benzene rings is 1. The van der Waals surface area contributed by atoms with Crippen molar-refractivity contribution < 1.29 is 24.5 Å². The number of nitrogens with zero attached hydrogens (tertiary/aromatic N) is 1. The maximum Gasteiger partial charge on any atom is 0.317 e. The molecule has 2 atom stereocenters. The van der Waals surface area contributed by atoms with Crippen LogP contribution in [0, 0.1) is 0 Å². The maximum absolute atomic E-state index is 12.1. The minimum absolute atomic E-state index is 0.0772. The smallest absolute Gasteiger partial charge is 0.317 e. The van der Waals surface area contributed by atoms with Crippen LogP contribution < -0.4 is 10.1 Å². The van der Waals surface area contributed by atoms with Crippen molar-refractivity contribution in [3.05, 3.63) is 29.8 Å². The molecule has 2 unspecified atom stereocenters. The summed E-state index contributed by atoms with van der Waals surface area (Å²) in [6, 6.07) is 8.08. The molecule has 0 spiro atoms. The summed E-state index contributed by atoms with van der Waals surface area (Å²) < 4.78 is 5.70. The number of rotatable bonds is 16. The molecular weight excluding hydrogens is 396 g/mol. The summed E-state index contributed by atoms with van der Waals surface area (Å²) in [5.41, 5.74) is 1.29. The first-order chi connectivity index (χ1) is 15.0. The van der Waals surface area contributed by atoms with Gasteiger partial charge < -0.3 is 25.2 Å². The van der Waals surface area contributed by atoms with Gasteiger partial charge in [0.25, 0.3) is 0 Å². The average Bonchev–Trinajstić information content (AvgIpc) is 3.11. The third-order valence-electron chi connectivity index (χ3n) is 5.76. The summed E-state index contributed by atoms with van der Waals surface area (Å²) in [4.78, 5) is 24.5. The predicted molar refractivity (Wildman–Crippen MR) is 120 cm³/mol. The molecular formula is C24H38N2O5. The molecule has 2 rings (SSSR count). The number of amides is 2. The number of aliphatic hydroxyl groups is 1. The summed E-state index contributed by atoms with van der Waals surface area (Å²) >= 11 is 0. The molecule has 0 saturated carbocycles. The van der Waals surface area contributed by atoms with Crippen molar-refractivity contribution in [1.82, 2.24) is 10.2 Å². The quantitative estimate of drug-likeness (QED) is 0.342. The average molecular weight is 435 g/mol. The number of ether oxygens (including phenoxy) is 1. The number of nitrogens with one attached hydrogen (secondary N) is 1. The Morgan fingerprint density at radius 3 is 2.65 bits per heavy atom. The van der Waals surface area contributed by atoms with Gasteiger partial charge in [-0.15, -0.1) is 0 Å². The van der Waals surface area contributed by atoms with E-state index in [1.807, 2.05) is 17.0 Å². The van der Waals surface area contributed by atoms with Crippen LogP contribution in [0.5, 0.6) is 5.75 Å². The molecule has 7 heteroatoms. The van der Waals surface area contributed by atoms with Crippen LogP contribution in [-0.2, 0) is 11.2 Å². The molecule has 0 radical (unpaired) electrons. The Hall–Kier alpha value is -2.28. The van der Waals surface area contributed by atoms with Crippen molar-refractivity contribution in [2.75, 3.05) is 19.7 Å². The van der Waals surface area contributed by atoms with Crippen LogP contribution in [-0.4, -0.2) is 59.0 Å². The molecule has 1 aliphatic heterocycles. The molecule has 0 aromatic heterocycles. The molecule has 0 bridgehead atoms. The Bertz CT molecular complexity index is 664. The Labute approximate surface area is 185 Å². The van der Waals surface area contributed by atoms with E-state index in [0.29, 0.717) is 25.9 Å². The van der Waals surface area contributed by atoms with E-state index in [1.165, 1.54) is 18.4 Å². The third kappa shape index (κ3) is 9.59. The Morgan fingerprint density at radius 2 is 1.94 bits per heavy atom. The first-order valence-electron chi connectivity index (χ1n) is 11.7. The van der Waals surface area contributed by atoms with Gasteiger partial charge in [-0.25, -0.2) is 4.79 Å². The summed E-state index contributed by atoms with van der Waals surface area (Å²) in [5.74, 6) is 0.00211. The van der Waals surface area contributed by atoms with Gasteiger partial charge in [-0.3, -0.25) is 4.79 Å². The lowest BCUT2D eigenvalue weighted by Crippen LogP contribution is -2.37. The number of carbonyl (C=O) groups excluding carboxylic acids is 1. The highest BCUT2D eigenvalue weighted by atomic mass is 16.5. The minimum Gasteiger partial charge on any atom is -0.491 e. The molecule has 1 fully saturated rings. The van der Waals surface area contributed by atoms with E-state index in [-0.39, 0.29) is 25.1 Å². The Balaban J connectivity index is 1.65. The summed E-state index contributed by atoms with van der Waals surface area (Å²) in [7, 11) is 0. The van der Waals surface area contributed by atoms with Gasteiger partial charge in [0.05, 0.1) is 12.1 Å². The number of aliphatic carboxylic acids is 1. The van der Waals surface area contributed by atoms with Crippen molar-refractivity contribution >= 4 is 12.0 Å². The van der Waals surface area contributed by atoms with Crippen LogP contribution in [0.25, 0.3) is 0 Å². The molecule has 1 aromatic rings. The molecule has 31 heavy (non-hydrogen) atoms. The van der Waals surface area contributed by atoms with Gasteiger partial charge in [0.1, 0.15) is 12.4 Å². The van der Waals surface area contributed by atoms with Crippen LogP contribution in [0.15, 0.2) is 24.3 Å². The SMILES string of the molecule is CCCCc1ccc(OCC(O)CCN2C(=O)NCC2CCCCCCC(=O)O)cc1. The number of hydrogen-bond acceptors (Lipinski definition) is 4. The van der Waals surface area contributed by atoms with Gasteiger partial charge in [-0.05, 0) is 49.8 Å². The largest absolute Gasteiger partial charge is 0.491 e. The van der Waals surface area contributed by atoms with Crippen molar-refractivity contribution in [1.29, 1.82) is 0 Å². The second kappa shape index (κ2) is 13.9. The Morgan fingerprint density at radius 1 is 1.19 bits per heavy atom. The van der Waals surface area contributed by atoms with Crippen molar-refractivity contribution in [3.63, 3.8) is 0 Å². The number of urea groups is 1. The summed E-state index contributed by atoms with van der Waals surface area (Å²) in [6.07, 6.45) is 7.91. The van der Waals surface area contributed by atoms with E-state index >= 15 is 0 Å².